The molecule has 1 aliphatic heterocycles. The van der Waals surface area contributed by atoms with Gasteiger partial charge in [-0.15, -0.1) is 0 Å². The van der Waals surface area contributed by atoms with Crippen LogP contribution in [0.3, 0.4) is 0 Å². The number of unbranched alkanes of at least 4 members (excludes halogenated alkanes) is 1. The minimum absolute atomic E-state index is 0.715. The average molecular weight is 213 g/mol. The lowest BCUT2D eigenvalue weighted by molar-refractivity contribution is 0.0740. The van der Waals surface area contributed by atoms with Crippen molar-refractivity contribution in [3.63, 3.8) is 0 Å². The Labute approximate surface area is 94.8 Å². The van der Waals surface area contributed by atoms with E-state index in [1.165, 1.54) is 44.9 Å². The lowest BCUT2D eigenvalue weighted by atomic mass is 10.0. The van der Waals surface area contributed by atoms with E-state index in [-0.39, 0.29) is 0 Å². The number of nitrogens with one attached hydrogen (secondary N) is 1. The van der Waals surface area contributed by atoms with Crippen LogP contribution in [-0.4, -0.2) is 25.3 Å². The van der Waals surface area contributed by atoms with Gasteiger partial charge < -0.3 is 10.1 Å². The number of ether oxygens (including phenoxy) is 1. The van der Waals surface area contributed by atoms with Gasteiger partial charge in [0.1, 0.15) is 0 Å². The summed E-state index contributed by atoms with van der Waals surface area (Å²) < 4.78 is 5.38. The first-order valence-corrected chi connectivity index (χ1v) is 6.70. The molecule has 1 N–H and O–H groups in total. The highest BCUT2D eigenvalue weighted by molar-refractivity contribution is 4.76. The van der Waals surface area contributed by atoms with E-state index in [9.17, 15) is 0 Å². The maximum Gasteiger partial charge on any atom is 0.0480 e. The van der Waals surface area contributed by atoms with Crippen LogP contribution in [-0.2, 0) is 4.74 Å². The molecule has 1 aliphatic rings. The van der Waals surface area contributed by atoms with E-state index in [2.05, 4.69) is 19.2 Å². The third-order valence-electron chi connectivity index (χ3n) is 3.24. The van der Waals surface area contributed by atoms with Crippen molar-refractivity contribution in [3.8, 4) is 0 Å². The molecule has 1 saturated heterocycles. The Bertz CT molecular complexity index is 143. The lowest BCUT2D eigenvalue weighted by Gasteiger charge is -2.28. The third-order valence-corrected chi connectivity index (χ3v) is 3.24. The van der Waals surface area contributed by atoms with Crippen LogP contribution in [0.1, 0.15) is 58.8 Å². The predicted molar refractivity (Wildman–Crippen MR) is 65.2 cm³/mol. The fourth-order valence-corrected chi connectivity index (χ4v) is 2.31. The summed E-state index contributed by atoms with van der Waals surface area (Å²) in [5.74, 6) is 0. The summed E-state index contributed by atoms with van der Waals surface area (Å²) in [6.45, 7) is 6.46. The lowest BCUT2D eigenvalue weighted by Crippen LogP contribution is -2.41. The van der Waals surface area contributed by atoms with Crippen molar-refractivity contribution in [3.05, 3.63) is 0 Å². The predicted octanol–water partition coefficient (Wildman–Crippen LogP) is 3.11. The summed E-state index contributed by atoms with van der Waals surface area (Å²) in [7, 11) is 0. The zero-order chi connectivity index (χ0) is 10.9. The highest BCUT2D eigenvalue weighted by Crippen LogP contribution is 2.12. The fourth-order valence-electron chi connectivity index (χ4n) is 2.31. The van der Waals surface area contributed by atoms with Crippen molar-refractivity contribution >= 4 is 0 Å². The largest absolute Gasteiger partial charge is 0.381 e. The van der Waals surface area contributed by atoms with Crippen LogP contribution in [0, 0.1) is 0 Å². The molecular weight excluding hydrogens is 186 g/mol. The summed E-state index contributed by atoms with van der Waals surface area (Å²) in [5, 5.41) is 3.81. The third kappa shape index (κ3) is 5.53. The molecule has 0 spiro atoms. The van der Waals surface area contributed by atoms with Gasteiger partial charge >= 0.3 is 0 Å². The van der Waals surface area contributed by atoms with E-state index < -0.39 is 0 Å². The molecule has 1 atom stereocenters. The van der Waals surface area contributed by atoms with E-state index in [1.54, 1.807) is 0 Å². The minimum atomic E-state index is 0.715. The maximum absolute atomic E-state index is 5.38. The standard InChI is InChI=1S/C13H27NO/c1-3-5-7-12(6-4-2)14-13-8-10-15-11-9-13/h12-14H,3-11H2,1-2H3/t12-/m1/s1. The van der Waals surface area contributed by atoms with Crippen molar-refractivity contribution in [1.29, 1.82) is 0 Å². The molecule has 2 nitrogen and oxygen atoms in total. The molecule has 0 saturated carbocycles. The summed E-state index contributed by atoms with van der Waals surface area (Å²) in [6.07, 6.45) is 9.05. The Balaban J connectivity index is 2.21. The zero-order valence-electron chi connectivity index (χ0n) is 10.4. The molecule has 15 heavy (non-hydrogen) atoms. The van der Waals surface area contributed by atoms with Gasteiger partial charge in [-0.1, -0.05) is 33.1 Å². The molecule has 0 aromatic heterocycles. The Morgan fingerprint density at radius 3 is 2.47 bits per heavy atom. The van der Waals surface area contributed by atoms with E-state index in [0.29, 0.717) is 6.04 Å². The Hall–Kier alpha value is -0.0800. The molecule has 1 fully saturated rings. The Morgan fingerprint density at radius 1 is 1.13 bits per heavy atom. The van der Waals surface area contributed by atoms with Gasteiger partial charge in [0.2, 0.25) is 0 Å². The SMILES string of the molecule is CCCC[C@@H](CCC)NC1CCOCC1. The van der Waals surface area contributed by atoms with E-state index in [0.717, 1.165) is 19.3 Å². The van der Waals surface area contributed by atoms with Gasteiger partial charge in [0.25, 0.3) is 0 Å². The topological polar surface area (TPSA) is 21.3 Å². The normalized spacial score (nSPS) is 20.4. The molecule has 0 aliphatic carbocycles. The summed E-state index contributed by atoms with van der Waals surface area (Å²) in [4.78, 5) is 0. The van der Waals surface area contributed by atoms with Crippen LogP contribution in [0.25, 0.3) is 0 Å². The van der Waals surface area contributed by atoms with Crippen molar-refractivity contribution in [2.45, 2.75) is 70.9 Å². The van der Waals surface area contributed by atoms with Crippen LogP contribution in [0.4, 0.5) is 0 Å². The summed E-state index contributed by atoms with van der Waals surface area (Å²) in [5.41, 5.74) is 0. The molecule has 0 bridgehead atoms. The number of rotatable bonds is 7. The molecule has 1 heterocycles. The molecule has 90 valence electrons. The van der Waals surface area contributed by atoms with Gasteiger partial charge in [0.05, 0.1) is 0 Å². The molecular formula is C13H27NO. The van der Waals surface area contributed by atoms with Crippen molar-refractivity contribution in [1.82, 2.24) is 5.32 Å². The van der Waals surface area contributed by atoms with Crippen molar-refractivity contribution in [2.75, 3.05) is 13.2 Å². The van der Waals surface area contributed by atoms with Gasteiger partial charge in [-0.05, 0) is 25.7 Å². The maximum atomic E-state index is 5.38. The Morgan fingerprint density at radius 2 is 1.87 bits per heavy atom. The van der Waals surface area contributed by atoms with Gasteiger partial charge in [-0.25, -0.2) is 0 Å². The van der Waals surface area contributed by atoms with Gasteiger partial charge in [0, 0.05) is 25.3 Å². The quantitative estimate of drug-likeness (QED) is 0.701. The Kier molecular flexibility index (Phi) is 7.03. The molecule has 0 aromatic rings. The van der Waals surface area contributed by atoms with Crippen LogP contribution < -0.4 is 5.32 Å². The van der Waals surface area contributed by atoms with E-state index >= 15 is 0 Å². The second-order valence-corrected chi connectivity index (χ2v) is 4.68. The number of hydrogen-bond acceptors (Lipinski definition) is 2. The summed E-state index contributed by atoms with van der Waals surface area (Å²) >= 11 is 0. The average Bonchev–Trinajstić information content (AvgIpc) is 2.28. The van der Waals surface area contributed by atoms with Gasteiger partial charge in [0.15, 0.2) is 0 Å². The molecule has 2 heteroatoms. The first-order valence-electron chi connectivity index (χ1n) is 6.70. The minimum Gasteiger partial charge on any atom is -0.381 e. The van der Waals surface area contributed by atoms with Gasteiger partial charge in [-0.3, -0.25) is 0 Å². The molecule has 0 unspecified atom stereocenters. The molecule has 0 amide bonds. The second-order valence-electron chi connectivity index (χ2n) is 4.68. The number of hydrogen-bond donors (Lipinski definition) is 1. The smallest absolute Gasteiger partial charge is 0.0480 e. The van der Waals surface area contributed by atoms with Crippen LogP contribution in [0.2, 0.25) is 0 Å². The van der Waals surface area contributed by atoms with Gasteiger partial charge in [-0.2, -0.15) is 0 Å². The monoisotopic (exact) mass is 213 g/mol. The zero-order valence-corrected chi connectivity index (χ0v) is 10.4. The van der Waals surface area contributed by atoms with E-state index in [1.807, 2.05) is 0 Å². The molecule has 1 rings (SSSR count). The summed E-state index contributed by atoms with van der Waals surface area (Å²) in [6, 6.07) is 1.46. The van der Waals surface area contributed by atoms with Crippen LogP contribution >= 0.6 is 0 Å². The molecule has 0 aromatic carbocycles. The van der Waals surface area contributed by atoms with Crippen LogP contribution in [0.15, 0.2) is 0 Å². The first kappa shape index (κ1) is 13.0. The fraction of sp³-hybridized carbons (Fsp3) is 1.00. The highest BCUT2D eigenvalue weighted by Gasteiger charge is 2.17. The molecule has 0 radical (unpaired) electrons. The van der Waals surface area contributed by atoms with Crippen molar-refractivity contribution in [2.24, 2.45) is 0 Å². The van der Waals surface area contributed by atoms with E-state index in [4.69, 9.17) is 4.74 Å². The van der Waals surface area contributed by atoms with Crippen LogP contribution in [0.5, 0.6) is 0 Å². The highest BCUT2D eigenvalue weighted by atomic mass is 16.5. The van der Waals surface area contributed by atoms with Crippen molar-refractivity contribution < 1.29 is 4.74 Å². The second kappa shape index (κ2) is 8.12. The first-order chi connectivity index (χ1) is 7.36.